The topological polar surface area (TPSA) is 21.3 Å². The SMILES string of the molecule is CCOc1ccc(C(C)NCC2CCSCC2)cc1. The molecule has 2 nitrogen and oxygen atoms in total. The van der Waals surface area contributed by atoms with E-state index in [1.807, 2.05) is 6.92 Å². The molecular weight excluding hydrogens is 254 g/mol. The van der Waals surface area contributed by atoms with Crippen LogP contribution in [0.4, 0.5) is 0 Å². The molecule has 1 aliphatic rings. The minimum absolute atomic E-state index is 0.422. The van der Waals surface area contributed by atoms with E-state index in [0.717, 1.165) is 24.8 Å². The Morgan fingerprint density at radius 2 is 1.95 bits per heavy atom. The lowest BCUT2D eigenvalue weighted by atomic mass is 10.0. The zero-order chi connectivity index (χ0) is 13.5. The van der Waals surface area contributed by atoms with Crippen molar-refractivity contribution >= 4 is 11.8 Å². The van der Waals surface area contributed by atoms with Crippen LogP contribution in [0.15, 0.2) is 24.3 Å². The number of hydrogen-bond donors (Lipinski definition) is 1. The molecule has 1 saturated heterocycles. The van der Waals surface area contributed by atoms with E-state index >= 15 is 0 Å². The van der Waals surface area contributed by atoms with Crippen molar-refractivity contribution in [3.8, 4) is 5.75 Å². The van der Waals surface area contributed by atoms with Gasteiger partial charge >= 0.3 is 0 Å². The van der Waals surface area contributed by atoms with Crippen molar-refractivity contribution < 1.29 is 4.74 Å². The van der Waals surface area contributed by atoms with Crippen LogP contribution in [0, 0.1) is 5.92 Å². The van der Waals surface area contributed by atoms with Crippen molar-refractivity contribution in [3.05, 3.63) is 29.8 Å². The molecule has 1 aliphatic heterocycles. The van der Waals surface area contributed by atoms with Crippen LogP contribution in [-0.4, -0.2) is 24.7 Å². The first-order valence-electron chi connectivity index (χ1n) is 7.33. The first-order chi connectivity index (χ1) is 9.29. The highest BCUT2D eigenvalue weighted by atomic mass is 32.2. The van der Waals surface area contributed by atoms with Crippen molar-refractivity contribution in [2.75, 3.05) is 24.7 Å². The summed E-state index contributed by atoms with van der Waals surface area (Å²) in [4.78, 5) is 0. The number of hydrogen-bond acceptors (Lipinski definition) is 3. The molecule has 106 valence electrons. The third-order valence-corrected chi connectivity index (χ3v) is 4.79. The fourth-order valence-electron chi connectivity index (χ4n) is 2.43. The van der Waals surface area contributed by atoms with Crippen molar-refractivity contribution in [1.29, 1.82) is 0 Å². The molecule has 0 aromatic heterocycles. The largest absolute Gasteiger partial charge is 0.494 e. The van der Waals surface area contributed by atoms with Crippen LogP contribution in [0.2, 0.25) is 0 Å². The molecule has 0 saturated carbocycles. The van der Waals surface area contributed by atoms with E-state index < -0.39 is 0 Å². The number of thioether (sulfide) groups is 1. The lowest BCUT2D eigenvalue weighted by Gasteiger charge is -2.24. The Hall–Kier alpha value is -0.670. The molecule has 1 fully saturated rings. The van der Waals surface area contributed by atoms with Gasteiger partial charge in [0, 0.05) is 6.04 Å². The number of ether oxygens (including phenoxy) is 1. The maximum Gasteiger partial charge on any atom is 0.119 e. The molecular formula is C16H25NOS. The van der Waals surface area contributed by atoms with E-state index in [1.165, 1.54) is 29.9 Å². The fourth-order valence-corrected chi connectivity index (χ4v) is 3.64. The van der Waals surface area contributed by atoms with Crippen molar-refractivity contribution in [3.63, 3.8) is 0 Å². The molecule has 19 heavy (non-hydrogen) atoms. The molecule has 1 aromatic rings. The molecule has 3 heteroatoms. The predicted octanol–water partition coefficient (Wildman–Crippen LogP) is 3.88. The molecule has 0 aliphatic carbocycles. The molecule has 0 radical (unpaired) electrons. The van der Waals surface area contributed by atoms with Crippen LogP contribution in [0.25, 0.3) is 0 Å². The monoisotopic (exact) mass is 279 g/mol. The third-order valence-electron chi connectivity index (χ3n) is 3.74. The van der Waals surface area contributed by atoms with E-state index in [1.54, 1.807) is 0 Å². The van der Waals surface area contributed by atoms with Crippen molar-refractivity contribution in [2.24, 2.45) is 5.92 Å². The molecule has 0 amide bonds. The summed E-state index contributed by atoms with van der Waals surface area (Å²) >= 11 is 2.09. The van der Waals surface area contributed by atoms with Gasteiger partial charge in [-0.05, 0) is 68.4 Å². The van der Waals surface area contributed by atoms with Gasteiger partial charge in [-0.2, -0.15) is 11.8 Å². The van der Waals surface area contributed by atoms with Gasteiger partial charge in [-0.3, -0.25) is 0 Å². The van der Waals surface area contributed by atoms with Crippen molar-refractivity contribution in [1.82, 2.24) is 5.32 Å². The molecule has 1 unspecified atom stereocenters. The lowest BCUT2D eigenvalue weighted by Crippen LogP contribution is -2.27. The van der Waals surface area contributed by atoms with Crippen LogP contribution in [0.1, 0.15) is 38.3 Å². The quantitative estimate of drug-likeness (QED) is 0.854. The third kappa shape index (κ3) is 4.73. The zero-order valence-electron chi connectivity index (χ0n) is 12.0. The van der Waals surface area contributed by atoms with E-state index in [9.17, 15) is 0 Å². The van der Waals surface area contributed by atoms with Gasteiger partial charge in [0.1, 0.15) is 5.75 Å². The summed E-state index contributed by atoms with van der Waals surface area (Å²) in [7, 11) is 0. The van der Waals surface area contributed by atoms with Gasteiger partial charge in [0.2, 0.25) is 0 Å². The molecule has 0 bridgehead atoms. The molecule has 1 aromatic carbocycles. The first-order valence-corrected chi connectivity index (χ1v) is 8.49. The maximum absolute atomic E-state index is 5.47. The Labute approximate surface area is 121 Å². The smallest absolute Gasteiger partial charge is 0.119 e. The van der Waals surface area contributed by atoms with Crippen LogP contribution in [-0.2, 0) is 0 Å². The van der Waals surface area contributed by atoms with Crippen LogP contribution >= 0.6 is 11.8 Å². The summed E-state index contributed by atoms with van der Waals surface area (Å²) in [6.45, 7) is 6.13. The summed E-state index contributed by atoms with van der Waals surface area (Å²) in [5, 5.41) is 3.67. The minimum atomic E-state index is 0.422. The Morgan fingerprint density at radius 1 is 1.26 bits per heavy atom. The predicted molar refractivity (Wildman–Crippen MR) is 84.1 cm³/mol. The normalized spacial score (nSPS) is 18.2. The summed E-state index contributed by atoms with van der Waals surface area (Å²) in [5.41, 5.74) is 1.34. The highest BCUT2D eigenvalue weighted by molar-refractivity contribution is 7.99. The van der Waals surface area contributed by atoms with Crippen LogP contribution in [0.3, 0.4) is 0 Å². The summed E-state index contributed by atoms with van der Waals surface area (Å²) in [5.74, 6) is 4.50. The van der Waals surface area contributed by atoms with Gasteiger partial charge in [0.05, 0.1) is 6.61 Å². The Bertz CT molecular complexity index is 360. The first kappa shape index (κ1) is 14.7. The van der Waals surface area contributed by atoms with Crippen LogP contribution < -0.4 is 10.1 Å². The highest BCUT2D eigenvalue weighted by Gasteiger charge is 2.14. The average Bonchev–Trinajstić information content (AvgIpc) is 2.47. The second kappa shape index (κ2) is 7.81. The maximum atomic E-state index is 5.47. The highest BCUT2D eigenvalue weighted by Crippen LogP contribution is 2.23. The summed E-state index contributed by atoms with van der Waals surface area (Å²) in [6, 6.07) is 8.88. The molecule has 0 spiro atoms. The number of rotatable bonds is 6. The van der Waals surface area contributed by atoms with Gasteiger partial charge in [0.15, 0.2) is 0 Å². The molecule has 1 N–H and O–H groups in total. The van der Waals surface area contributed by atoms with E-state index in [-0.39, 0.29) is 0 Å². The van der Waals surface area contributed by atoms with Crippen molar-refractivity contribution in [2.45, 2.75) is 32.7 Å². The van der Waals surface area contributed by atoms with Gasteiger partial charge in [-0.15, -0.1) is 0 Å². The summed E-state index contributed by atoms with van der Waals surface area (Å²) in [6.07, 6.45) is 2.74. The van der Waals surface area contributed by atoms with Gasteiger partial charge in [0.25, 0.3) is 0 Å². The lowest BCUT2D eigenvalue weighted by molar-refractivity contribution is 0.340. The molecule has 1 atom stereocenters. The summed E-state index contributed by atoms with van der Waals surface area (Å²) < 4.78 is 5.47. The standard InChI is InChI=1S/C16H25NOS/c1-3-18-16-6-4-15(5-7-16)13(2)17-12-14-8-10-19-11-9-14/h4-7,13-14,17H,3,8-12H2,1-2H3. The molecule has 2 rings (SSSR count). The number of benzene rings is 1. The zero-order valence-corrected chi connectivity index (χ0v) is 12.8. The Kier molecular flexibility index (Phi) is 6.05. The Morgan fingerprint density at radius 3 is 2.58 bits per heavy atom. The minimum Gasteiger partial charge on any atom is -0.494 e. The van der Waals surface area contributed by atoms with Gasteiger partial charge in [-0.1, -0.05) is 12.1 Å². The van der Waals surface area contributed by atoms with E-state index in [4.69, 9.17) is 4.74 Å². The van der Waals surface area contributed by atoms with E-state index in [0.29, 0.717) is 6.04 Å². The Balaban J connectivity index is 1.79. The second-order valence-corrected chi connectivity index (χ2v) is 6.41. The van der Waals surface area contributed by atoms with Gasteiger partial charge < -0.3 is 10.1 Å². The van der Waals surface area contributed by atoms with Crippen LogP contribution in [0.5, 0.6) is 5.75 Å². The average molecular weight is 279 g/mol. The molecule has 1 heterocycles. The second-order valence-electron chi connectivity index (χ2n) is 5.19. The fraction of sp³-hybridized carbons (Fsp3) is 0.625. The van der Waals surface area contributed by atoms with Gasteiger partial charge in [-0.25, -0.2) is 0 Å². The van der Waals surface area contributed by atoms with E-state index in [2.05, 4.69) is 48.3 Å². The number of nitrogens with one attached hydrogen (secondary N) is 1.